The van der Waals surface area contributed by atoms with Crippen LogP contribution in [0.2, 0.25) is 0 Å². The molecule has 0 spiro atoms. The highest BCUT2D eigenvalue weighted by Crippen LogP contribution is 2.21. The van der Waals surface area contributed by atoms with Crippen LogP contribution >= 0.6 is 11.3 Å². The standard InChI is InChI=1S/C12H12N2O3S/c1-7(15)10-6-18-12(13-10)14-11(17)8-2-4-9(16)5-3-8/h2-7,15-16H,1H3,(H,13,14,17). The van der Waals surface area contributed by atoms with Gasteiger partial charge in [0.05, 0.1) is 11.8 Å². The topological polar surface area (TPSA) is 82.5 Å². The van der Waals surface area contributed by atoms with Crippen LogP contribution in [0.1, 0.15) is 29.1 Å². The van der Waals surface area contributed by atoms with Crippen LogP contribution in [0.5, 0.6) is 5.75 Å². The van der Waals surface area contributed by atoms with Crippen LogP contribution in [0.4, 0.5) is 5.13 Å². The maximum atomic E-state index is 11.8. The summed E-state index contributed by atoms with van der Waals surface area (Å²) in [5, 5.41) is 23.2. The molecule has 94 valence electrons. The van der Waals surface area contributed by atoms with E-state index in [1.165, 1.54) is 35.6 Å². The van der Waals surface area contributed by atoms with Gasteiger partial charge in [-0.1, -0.05) is 0 Å². The molecule has 1 aromatic carbocycles. The zero-order valence-corrected chi connectivity index (χ0v) is 10.4. The van der Waals surface area contributed by atoms with Gasteiger partial charge in [-0.25, -0.2) is 4.98 Å². The van der Waals surface area contributed by atoms with E-state index in [1.807, 2.05) is 0 Å². The van der Waals surface area contributed by atoms with Gasteiger partial charge in [-0.2, -0.15) is 0 Å². The third-order valence-corrected chi connectivity index (χ3v) is 3.08. The van der Waals surface area contributed by atoms with Crippen molar-refractivity contribution in [1.29, 1.82) is 0 Å². The van der Waals surface area contributed by atoms with Crippen LogP contribution in [-0.4, -0.2) is 21.1 Å². The zero-order valence-electron chi connectivity index (χ0n) is 9.62. The predicted octanol–water partition coefficient (Wildman–Crippen LogP) is 2.15. The quantitative estimate of drug-likeness (QED) is 0.793. The molecule has 1 atom stereocenters. The number of aliphatic hydroxyl groups is 1. The molecule has 0 radical (unpaired) electrons. The maximum Gasteiger partial charge on any atom is 0.257 e. The van der Waals surface area contributed by atoms with Crippen LogP contribution < -0.4 is 5.32 Å². The second-order valence-corrected chi connectivity index (χ2v) is 4.61. The van der Waals surface area contributed by atoms with Gasteiger partial charge in [-0.3, -0.25) is 10.1 Å². The lowest BCUT2D eigenvalue weighted by atomic mass is 10.2. The smallest absolute Gasteiger partial charge is 0.257 e. The molecule has 18 heavy (non-hydrogen) atoms. The summed E-state index contributed by atoms with van der Waals surface area (Å²) in [5.74, 6) is -0.196. The molecule has 0 aliphatic heterocycles. The summed E-state index contributed by atoms with van der Waals surface area (Å²) in [6, 6.07) is 5.93. The third kappa shape index (κ3) is 2.85. The van der Waals surface area contributed by atoms with Crippen molar-refractivity contribution in [2.45, 2.75) is 13.0 Å². The molecule has 1 heterocycles. The Balaban J connectivity index is 2.08. The summed E-state index contributed by atoms with van der Waals surface area (Å²) in [6.07, 6.45) is -0.652. The van der Waals surface area contributed by atoms with Crippen molar-refractivity contribution in [1.82, 2.24) is 4.98 Å². The molecule has 2 aromatic rings. The van der Waals surface area contributed by atoms with E-state index in [0.29, 0.717) is 16.4 Å². The fourth-order valence-electron chi connectivity index (χ4n) is 1.32. The molecule has 0 aliphatic carbocycles. The molecule has 2 rings (SSSR count). The first-order chi connectivity index (χ1) is 8.56. The maximum absolute atomic E-state index is 11.8. The van der Waals surface area contributed by atoms with Gasteiger partial charge >= 0.3 is 0 Å². The van der Waals surface area contributed by atoms with Gasteiger partial charge in [0.25, 0.3) is 5.91 Å². The average Bonchev–Trinajstić information content (AvgIpc) is 2.78. The van der Waals surface area contributed by atoms with E-state index < -0.39 is 6.10 Å². The van der Waals surface area contributed by atoms with Gasteiger partial charge in [0.15, 0.2) is 5.13 Å². The molecule has 0 bridgehead atoms. The van der Waals surface area contributed by atoms with Crippen molar-refractivity contribution in [2.24, 2.45) is 0 Å². The number of aromatic nitrogens is 1. The van der Waals surface area contributed by atoms with E-state index in [0.717, 1.165) is 0 Å². The Labute approximate surface area is 108 Å². The van der Waals surface area contributed by atoms with Crippen molar-refractivity contribution in [3.8, 4) is 5.75 Å². The molecule has 6 heteroatoms. The normalized spacial score (nSPS) is 12.1. The molecule has 1 aromatic heterocycles. The first-order valence-electron chi connectivity index (χ1n) is 5.30. The van der Waals surface area contributed by atoms with Crippen molar-refractivity contribution in [3.05, 3.63) is 40.9 Å². The molecule has 0 saturated carbocycles. The van der Waals surface area contributed by atoms with Crippen LogP contribution in [0.3, 0.4) is 0 Å². The summed E-state index contributed by atoms with van der Waals surface area (Å²) < 4.78 is 0. The Hall–Kier alpha value is -1.92. The highest BCUT2D eigenvalue weighted by Gasteiger charge is 2.10. The lowest BCUT2D eigenvalue weighted by molar-refractivity contribution is 0.102. The van der Waals surface area contributed by atoms with E-state index in [-0.39, 0.29) is 11.7 Å². The lowest BCUT2D eigenvalue weighted by Gasteiger charge is -2.02. The number of anilines is 1. The third-order valence-electron chi connectivity index (χ3n) is 2.30. The molecule has 0 aliphatic rings. The fraction of sp³-hybridized carbons (Fsp3) is 0.167. The van der Waals surface area contributed by atoms with Crippen molar-refractivity contribution in [3.63, 3.8) is 0 Å². The molecule has 5 nitrogen and oxygen atoms in total. The number of amides is 1. The second kappa shape index (κ2) is 5.16. The molecular formula is C12H12N2O3S. The molecule has 0 saturated heterocycles. The number of aromatic hydroxyl groups is 1. The number of nitrogens with zero attached hydrogens (tertiary/aromatic N) is 1. The summed E-state index contributed by atoms with van der Waals surface area (Å²) in [6.45, 7) is 1.61. The summed E-state index contributed by atoms with van der Waals surface area (Å²) in [7, 11) is 0. The number of benzene rings is 1. The molecule has 1 unspecified atom stereocenters. The number of hydrogen-bond acceptors (Lipinski definition) is 5. The fourth-order valence-corrected chi connectivity index (χ4v) is 2.11. The second-order valence-electron chi connectivity index (χ2n) is 3.75. The van der Waals surface area contributed by atoms with Gasteiger partial charge in [0.1, 0.15) is 5.75 Å². The molecular weight excluding hydrogens is 252 g/mol. The van der Waals surface area contributed by atoms with E-state index in [2.05, 4.69) is 10.3 Å². The Morgan fingerprint density at radius 2 is 2.06 bits per heavy atom. The minimum absolute atomic E-state index is 0.109. The predicted molar refractivity (Wildman–Crippen MR) is 68.8 cm³/mol. The van der Waals surface area contributed by atoms with Gasteiger partial charge in [0, 0.05) is 10.9 Å². The Kier molecular flexibility index (Phi) is 3.59. The lowest BCUT2D eigenvalue weighted by Crippen LogP contribution is -2.11. The largest absolute Gasteiger partial charge is 0.508 e. The number of carbonyl (C=O) groups excluding carboxylic acids is 1. The van der Waals surface area contributed by atoms with Crippen LogP contribution in [0.15, 0.2) is 29.6 Å². The number of hydrogen-bond donors (Lipinski definition) is 3. The number of rotatable bonds is 3. The number of phenolic OH excluding ortho intramolecular Hbond substituents is 1. The number of thiazole rings is 1. The van der Waals surface area contributed by atoms with Crippen LogP contribution in [-0.2, 0) is 0 Å². The average molecular weight is 264 g/mol. The van der Waals surface area contributed by atoms with E-state index in [1.54, 1.807) is 12.3 Å². The van der Waals surface area contributed by atoms with Crippen LogP contribution in [0.25, 0.3) is 0 Å². The number of carbonyl (C=O) groups is 1. The summed E-state index contributed by atoms with van der Waals surface area (Å²) in [5.41, 5.74) is 0.961. The first-order valence-corrected chi connectivity index (χ1v) is 6.18. The minimum atomic E-state index is -0.652. The Morgan fingerprint density at radius 1 is 1.39 bits per heavy atom. The van der Waals surface area contributed by atoms with Gasteiger partial charge in [-0.15, -0.1) is 11.3 Å². The van der Waals surface area contributed by atoms with Crippen molar-refractivity contribution in [2.75, 3.05) is 5.32 Å². The zero-order chi connectivity index (χ0) is 13.1. The van der Waals surface area contributed by atoms with Gasteiger partial charge < -0.3 is 10.2 Å². The van der Waals surface area contributed by atoms with Crippen molar-refractivity contribution < 1.29 is 15.0 Å². The first kappa shape index (κ1) is 12.5. The summed E-state index contributed by atoms with van der Waals surface area (Å²) >= 11 is 1.25. The van der Waals surface area contributed by atoms with E-state index in [4.69, 9.17) is 5.11 Å². The Bertz CT molecular complexity index is 549. The van der Waals surface area contributed by atoms with Crippen molar-refractivity contribution >= 4 is 22.4 Å². The van der Waals surface area contributed by atoms with Crippen LogP contribution in [0, 0.1) is 0 Å². The van der Waals surface area contributed by atoms with E-state index >= 15 is 0 Å². The monoisotopic (exact) mass is 264 g/mol. The minimum Gasteiger partial charge on any atom is -0.508 e. The molecule has 1 amide bonds. The molecule has 3 N–H and O–H groups in total. The summed E-state index contributed by atoms with van der Waals surface area (Å²) in [4.78, 5) is 15.9. The highest BCUT2D eigenvalue weighted by molar-refractivity contribution is 7.14. The van der Waals surface area contributed by atoms with E-state index in [9.17, 15) is 9.90 Å². The number of phenols is 1. The SMILES string of the molecule is CC(O)c1csc(NC(=O)c2ccc(O)cc2)n1. The highest BCUT2D eigenvalue weighted by atomic mass is 32.1. The van der Waals surface area contributed by atoms with Gasteiger partial charge in [-0.05, 0) is 31.2 Å². The number of nitrogens with one attached hydrogen (secondary N) is 1. The molecule has 0 fully saturated rings. The Morgan fingerprint density at radius 3 is 2.61 bits per heavy atom. The van der Waals surface area contributed by atoms with Gasteiger partial charge in [0.2, 0.25) is 0 Å². The number of aliphatic hydroxyl groups excluding tert-OH is 1.